The van der Waals surface area contributed by atoms with Crippen LogP contribution in [0.2, 0.25) is 0 Å². The van der Waals surface area contributed by atoms with Crippen molar-refractivity contribution in [1.82, 2.24) is 0 Å². The summed E-state index contributed by atoms with van der Waals surface area (Å²) in [6, 6.07) is 6.13. The first kappa shape index (κ1) is 9.38. The number of rotatable bonds is 3. The van der Waals surface area contributed by atoms with E-state index in [-0.39, 0.29) is 6.04 Å². The first-order valence-electron chi connectivity index (χ1n) is 5.12. The Labute approximate surface area is 84.3 Å². The molecule has 1 aliphatic carbocycles. The third-order valence-electron chi connectivity index (χ3n) is 2.93. The van der Waals surface area contributed by atoms with Crippen molar-refractivity contribution in [2.24, 2.45) is 11.1 Å². The summed E-state index contributed by atoms with van der Waals surface area (Å²) >= 11 is 0. The fourth-order valence-electron chi connectivity index (χ4n) is 1.97. The monoisotopic (exact) mass is 189 g/mol. The number of nitroso groups, excluding NO2 is 1. The average Bonchev–Trinajstić information content (AvgIpc) is 2.93. The lowest BCUT2D eigenvalue weighted by molar-refractivity contribution is 0.627. The lowest BCUT2D eigenvalue weighted by atomic mass is 9.97. The molecule has 1 saturated carbocycles. The molecule has 1 aliphatic rings. The van der Waals surface area contributed by atoms with E-state index < -0.39 is 0 Å². The first-order valence-corrected chi connectivity index (χ1v) is 5.12. The second kappa shape index (κ2) is 3.52. The molecule has 0 saturated heterocycles. The molecule has 74 valence electrons. The van der Waals surface area contributed by atoms with Crippen LogP contribution in [-0.4, -0.2) is 0 Å². The van der Waals surface area contributed by atoms with Gasteiger partial charge in [0.05, 0.1) is 0 Å². The van der Waals surface area contributed by atoms with Crippen LogP contribution in [0.25, 0.3) is 0 Å². The van der Waals surface area contributed by atoms with Crippen LogP contribution in [0.5, 0.6) is 0 Å². The zero-order valence-corrected chi connectivity index (χ0v) is 8.66. The zero-order chi connectivity index (χ0) is 10.1. The van der Waals surface area contributed by atoms with E-state index in [1.54, 1.807) is 0 Å². The van der Waals surface area contributed by atoms with Gasteiger partial charge in [0, 0.05) is 0 Å². The van der Waals surface area contributed by atoms with Crippen LogP contribution in [0.15, 0.2) is 23.4 Å². The maximum atomic E-state index is 10.8. The Morgan fingerprint density at radius 3 is 2.57 bits per heavy atom. The topological polar surface area (TPSA) is 29.4 Å². The molecule has 2 heteroatoms. The lowest BCUT2D eigenvalue weighted by Gasteiger charge is -2.11. The number of hydrogen-bond acceptors (Lipinski definition) is 2. The summed E-state index contributed by atoms with van der Waals surface area (Å²) in [4.78, 5) is 10.8. The molecule has 1 aromatic carbocycles. The van der Waals surface area contributed by atoms with E-state index in [0.29, 0.717) is 5.92 Å². The molecule has 0 aromatic heterocycles. The van der Waals surface area contributed by atoms with Crippen LogP contribution < -0.4 is 0 Å². The maximum Gasteiger partial charge on any atom is 0.120 e. The number of aryl methyl sites for hydroxylation is 2. The van der Waals surface area contributed by atoms with Crippen LogP contribution >= 0.6 is 0 Å². The third kappa shape index (κ3) is 1.69. The molecule has 2 rings (SSSR count). The predicted octanol–water partition coefficient (Wildman–Crippen LogP) is 3.52. The molecule has 2 nitrogen and oxygen atoms in total. The smallest absolute Gasteiger partial charge is 0.120 e. The van der Waals surface area contributed by atoms with E-state index in [4.69, 9.17) is 0 Å². The van der Waals surface area contributed by atoms with Gasteiger partial charge in [-0.1, -0.05) is 28.9 Å². The molecule has 0 heterocycles. The Kier molecular flexibility index (Phi) is 2.36. The Morgan fingerprint density at radius 1 is 1.36 bits per heavy atom. The average molecular weight is 189 g/mol. The van der Waals surface area contributed by atoms with E-state index >= 15 is 0 Å². The minimum Gasteiger partial charge on any atom is -0.150 e. The Bertz CT molecular complexity index is 355. The van der Waals surface area contributed by atoms with E-state index in [1.807, 2.05) is 0 Å². The Balaban J connectivity index is 2.33. The van der Waals surface area contributed by atoms with Gasteiger partial charge in [-0.2, -0.15) is 4.91 Å². The fourth-order valence-corrected chi connectivity index (χ4v) is 1.97. The molecule has 1 unspecified atom stereocenters. The van der Waals surface area contributed by atoms with Gasteiger partial charge in [0.15, 0.2) is 0 Å². The molecule has 0 amide bonds. The summed E-state index contributed by atoms with van der Waals surface area (Å²) < 4.78 is 0. The molecule has 0 spiro atoms. The van der Waals surface area contributed by atoms with E-state index in [1.165, 1.54) is 11.1 Å². The summed E-state index contributed by atoms with van der Waals surface area (Å²) in [5.41, 5.74) is 3.56. The van der Waals surface area contributed by atoms with Crippen molar-refractivity contribution in [2.45, 2.75) is 32.7 Å². The van der Waals surface area contributed by atoms with Crippen molar-refractivity contribution >= 4 is 0 Å². The van der Waals surface area contributed by atoms with Crippen LogP contribution in [0, 0.1) is 24.7 Å². The van der Waals surface area contributed by atoms with Gasteiger partial charge >= 0.3 is 0 Å². The molecule has 0 aliphatic heterocycles. The van der Waals surface area contributed by atoms with Crippen molar-refractivity contribution in [3.05, 3.63) is 39.8 Å². The summed E-state index contributed by atoms with van der Waals surface area (Å²) in [7, 11) is 0. The minimum atomic E-state index is -0.101. The van der Waals surface area contributed by atoms with Crippen LogP contribution in [0.3, 0.4) is 0 Å². The summed E-state index contributed by atoms with van der Waals surface area (Å²) in [6.07, 6.45) is 2.31. The van der Waals surface area contributed by atoms with Crippen LogP contribution in [0.1, 0.15) is 35.6 Å². The normalized spacial score (nSPS) is 17.9. The number of benzene rings is 1. The molecule has 14 heavy (non-hydrogen) atoms. The second-order valence-electron chi connectivity index (χ2n) is 4.25. The number of hydrogen-bond donors (Lipinski definition) is 0. The maximum absolute atomic E-state index is 10.8. The van der Waals surface area contributed by atoms with Gasteiger partial charge in [-0.25, -0.2) is 0 Å². The fraction of sp³-hybridized carbons (Fsp3) is 0.500. The number of nitrogens with zero attached hydrogens (tertiary/aromatic N) is 1. The summed E-state index contributed by atoms with van der Waals surface area (Å²) in [5.74, 6) is 0.508. The molecule has 0 bridgehead atoms. The van der Waals surface area contributed by atoms with Crippen molar-refractivity contribution in [3.63, 3.8) is 0 Å². The van der Waals surface area contributed by atoms with Crippen molar-refractivity contribution in [2.75, 3.05) is 0 Å². The predicted molar refractivity (Wildman–Crippen MR) is 57.2 cm³/mol. The van der Waals surface area contributed by atoms with Gasteiger partial charge in [-0.15, -0.1) is 0 Å². The van der Waals surface area contributed by atoms with Crippen LogP contribution in [0.4, 0.5) is 0 Å². The summed E-state index contributed by atoms with van der Waals surface area (Å²) in [5, 5.41) is 3.26. The van der Waals surface area contributed by atoms with Gasteiger partial charge in [-0.05, 0) is 43.7 Å². The standard InChI is InChI=1S/C12H15NO/c1-8-3-6-11(9(2)7-8)12(13-14)10-4-5-10/h3,6-7,10,12H,4-5H2,1-2H3. The van der Waals surface area contributed by atoms with E-state index in [0.717, 1.165) is 18.4 Å². The Morgan fingerprint density at radius 2 is 2.07 bits per heavy atom. The quantitative estimate of drug-likeness (QED) is 0.669. The molecule has 1 aromatic rings. The zero-order valence-electron chi connectivity index (χ0n) is 8.66. The van der Waals surface area contributed by atoms with E-state index in [9.17, 15) is 4.91 Å². The highest BCUT2D eigenvalue weighted by Gasteiger charge is 2.34. The lowest BCUT2D eigenvalue weighted by Crippen LogP contribution is -2.00. The van der Waals surface area contributed by atoms with Crippen molar-refractivity contribution < 1.29 is 0 Å². The third-order valence-corrected chi connectivity index (χ3v) is 2.93. The van der Waals surface area contributed by atoms with Crippen LogP contribution in [-0.2, 0) is 0 Å². The first-order chi connectivity index (χ1) is 6.72. The Hall–Kier alpha value is -1.18. The molecular formula is C12H15NO. The SMILES string of the molecule is Cc1ccc(C(N=O)C2CC2)c(C)c1. The highest BCUT2D eigenvalue weighted by molar-refractivity contribution is 5.33. The highest BCUT2D eigenvalue weighted by atomic mass is 16.3. The molecule has 1 fully saturated rings. The highest BCUT2D eigenvalue weighted by Crippen LogP contribution is 2.44. The molecular weight excluding hydrogens is 174 g/mol. The van der Waals surface area contributed by atoms with Gasteiger partial charge in [0.1, 0.15) is 6.04 Å². The van der Waals surface area contributed by atoms with Gasteiger partial charge < -0.3 is 0 Å². The van der Waals surface area contributed by atoms with Gasteiger partial charge in [0.25, 0.3) is 0 Å². The molecule has 1 atom stereocenters. The van der Waals surface area contributed by atoms with Gasteiger partial charge in [0.2, 0.25) is 0 Å². The summed E-state index contributed by atoms with van der Waals surface area (Å²) in [6.45, 7) is 4.13. The van der Waals surface area contributed by atoms with Gasteiger partial charge in [-0.3, -0.25) is 0 Å². The second-order valence-corrected chi connectivity index (χ2v) is 4.25. The largest absolute Gasteiger partial charge is 0.150 e. The molecule has 0 N–H and O–H groups in total. The minimum absolute atomic E-state index is 0.101. The molecule has 0 radical (unpaired) electrons. The van der Waals surface area contributed by atoms with Crippen molar-refractivity contribution in [3.8, 4) is 0 Å². The van der Waals surface area contributed by atoms with E-state index in [2.05, 4.69) is 37.2 Å². The van der Waals surface area contributed by atoms with Crippen molar-refractivity contribution in [1.29, 1.82) is 0 Å².